The number of benzene rings is 3. The summed E-state index contributed by atoms with van der Waals surface area (Å²) in [6.07, 6.45) is 0. The van der Waals surface area contributed by atoms with E-state index in [1.54, 1.807) is 55.5 Å². The van der Waals surface area contributed by atoms with Crippen molar-refractivity contribution in [1.29, 1.82) is 0 Å². The van der Waals surface area contributed by atoms with Gasteiger partial charge in [-0.25, -0.2) is 18.1 Å². The van der Waals surface area contributed by atoms with E-state index in [2.05, 4.69) is 20.4 Å². The summed E-state index contributed by atoms with van der Waals surface area (Å²) >= 11 is 0. The van der Waals surface area contributed by atoms with Gasteiger partial charge < -0.3 is 14.8 Å². The maximum Gasteiger partial charge on any atom is 0.280 e. The van der Waals surface area contributed by atoms with E-state index in [9.17, 15) is 18.0 Å². The van der Waals surface area contributed by atoms with Crippen LogP contribution in [0.1, 0.15) is 5.82 Å². The van der Waals surface area contributed by atoms with Gasteiger partial charge in [-0.2, -0.15) is 0 Å². The number of rotatable bonds is 9. The molecule has 0 saturated heterocycles. The number of para-hydroxylation sites is 4. The molecule has 0 fully saturated rings. The molecule has 0 spiro atoms. The predicted molar refractivity (Wildman–Crippen MR) is 140 cm³/mol. The Morgan fingerprint density at radius 3 is 2.24 bits per heavy atom. The molecule has 11 nitrogen and oxygen atoms in total. The molecule has 1 aromatic heterocycles. The second-order valence-electron chi connectivity index (χ2n) is 7.87. The molecule has 0 aliphatic rings. The smallest absolute Gasteiger partial charge is 0.280 e. The van der Waals surface area contributed by atoms with Gasteiger partial charge in [-0.3, -0.25) is 19.7 Å². The van der Waals surface area contributed by atoms with Crippen molar-refractivity contribution in [3.05, 3.63) is 82.9 Å². The lowest BCUT2D eigenvalue weighted by Gasteiger charge is -2.15. The quantitative estimate of drug-likeness (QED) is 0.304. The van der Waals surface area contributed by atoms with E-state index in [1.165, 1.54) is 32.4 Å². The highest BCUT2D eigenvalue weighted by atomic mass is 32.2. The number of carbonyl (C=O) groups is 1. The van der Waals surface area contributed by atoms with Crippen LogP contribution in [0.5, 0.6) is 11.5 Å². The van der Waals surface area contributed by atoms with Gasteiger partial charge in [0.1, 0.15) is 17.3 Å². The van der Waals surface area contributed by atoms with E-state index in [-0.39, 0.29) is 33.9 Å². The first-order valence-corrected chi connectivity index (χ1v) is 12.6. The maximum absolute atomic E-state index is 13.2. The average Bonchev–Trinajstić information content (AvgIpc) is 2.90. The summed E-state index contributed by atoms with van der Waals surface area (Å²) in [4.78, 5) is 30.0. The van der Waals surface area contributed by atoms with Crippen LogP contribution in [-0.2, 0) is 14.8 Å². The Kier molecular flexibility index (Phi) is 7.30. The van der Waals surface area contributed by atoms with Crippen molar-refractivity contribution in [2.24, 2.45) is 0 Å². The van der Waals surface area contributed by atoms with Crippen molar-refractivity contribution < 1.29 is 22.7 Å². The van der Waals surface area contributed by atoms with Crippen molar-refractivity contribution in [2.75, 3.05) is 36.2 Å². The Labute approximate surface area is 213 Å². The predicted octanol–water partition coefficient (Wildman–Crippen LogP) is 2.71. The number of aromatic nitrogens is 2. The summed E-state index contributed by atoms with van der Waals surface area (Å²) in [7, 11) is -1.11. The van der Waals surface area contributed by atoms with Crippen LogP contribution in [0, 0.1) is 6.92 Å². The fourth-order valence-corrected chi connectivity index (χ4v) is 4.73. The minimum absolute atomic E-state index is 0.0199. The highest BCUT2D eigenvalue weighted by molar-refractivity contribution is 7.92. The molecule has 0 aliphatic heterocycles. The van der Waals surface area contributed by atoms with Crippen molar-refractivity contribution in [3.63, 3.8) is 0 Å². The van der Waals surface area contributed by atoms with Crippen LogP contribution in [0.15, 0.2) is 76.4 Å². The van der Waals surface area contributed by atoms with Gasteiger partial charge in [-0.05, 0) is 49.4 Å². The van der Waals surface area contributed by atoms with Gasteiger partial charge in [0.15, 0.2) is 0 Å². The number of ether oxygens (including phenoxy) is 2. The number of methoxy groups -OCH3 is 2. The SMILES string of the molecule is COc1ccccc1NCC(=O)Nn1c(C)nc2ccc(S(=O)(=O)Nc3ccccc3OC)cc2c1=O. The zero-order valence-electron chi connectivity index (χ0n) is 20.3. The molecule has 3 aromatic carbocycles. The summed E-state index contributed by atoms with van der Waals surface area (Å²) in [5, 5.41) is 2.97. The summed E-state index contributed by atoms with van der Waals surface area (Å²) in [6.45, 7) is 1.41. The number of sulfonamides is 1. The van der Waals surface area contributed by atoms with Crippen molar-refractivity contribution >= 4 is 38.2 Å². The molecule has 0 bridgehead atoms. The summed E-state index contributed by atoms with van der Waals surface area (Å²) in [6, 6.07) is 17.7. The van der Waals surface area contributed by atoms with Crippen LogP contribution in [0.2, 0.25) is 0 Å². The third-order valence-corrected chi connectivity index (χ3v) is 6.82. The molecular formula is C25H25N5O6S. The lowest BCUT2D eigenvalue weighted by atomic mass is 10.2. The molecule has 1 heterocycles. The molecule has 4 rings (SSSR count). The van der Waals surface area contributed by atoms with Crippen LogP contribution in [0.25, 0.3) is 10.9 Å². The third kappa shape index (κ3) is 5.48. The number of hydrogen-bond donors (Lipinski definition) is 3. The molecule has 1 amide bonds. The number of aryl methyl sites for hydroxylation is 1. The second-order valence-corrected chi connectivity index (χ2v) is 9.56. The van der Waals surface area contributed by atoms with Crippen LogP contribution in [0.4, 0.5) is 11.4 Å². The lowest BCUT2D eigenvalue weighted by molar-refractivity contribution is -0.115. The Hall–Kier alpha value is -4.58. The molecular weight excluding hydrogens is 498 g/mol. The topological polar surface area (TPSA) is 141 Å². The average molecular weight is 524 g/mol. The Balaban J connectivity index is 1.60. The van der Waals surface area contributed by atoms with E-state index in [0.717, 1.165) is 4.68 Å². The molecule has 12 heteroatoms. The van der Waals surface area contributed by atoms with Gasteiger partial charge in [0, 0.05) is 0 Å². The van der Waals surface area contributed by atoms with Crippen LogP contribution < -0.4 is 30.5 Å². The number of carbonyl (C=O) groups excluding carboxylic acids is 1. The second kappa shape index (κ2) is 10.6. The zero-order chi connectivity index (χ0) is 26.6. The fourth-order valence-electron chi connectivity index (χ4n) is 3.64. The molecule has 0 aliphatic carbocycles. The highest BCUT2D eigenvalue weighted by Gasteiger charge is 2.19. The van der Waals surface area contributed by atoms with Crippen molar-refractivity contribution in [1.82, 2.24) is 9.66 Å². The van der Waals surface area contributed by atoms with E-state index >= 15 is 0 Å². The van der Waals surface area contributed by atoms with E-state index in [1.807, 2.05) is 0 Å². The molecule has 4 aromatic rings. The van der Waals surface area contributed by atoms with Gasteiger partial charge in [0.25, 0.3) is 21.5 Å². The zero-order valence-corrected chi connectivity index (χ0v) is 21.1. The normalized spacial score (nSPS) is 11.1. The minimum Gasteiger partial charge on any atom is -0.495 e. The van der Waals surface area contributed by atoms with Gasteiger partial charge in [0.2, 0.25) is 0 Å². The largest absolute Gasteiger partial charge is 0.495 e. The number of hydrogen-bond acceptors (Lipinski definition) is 8. The molecule has 37 heavy (non-hydrogen) atoms. The number of amides is 1. The van der Waals surface area contributed by atoms with Crippen molar-refractivity contribution in [3.8, 4) is 11.5 Å². The first-order chi connectivity index (χ1) is 17.7. The van der Waals surface area contributed by atoms with Gasteiger partial charge in [-0.15, -0.1) is 0 Å². The molecule has 192 valence electrons. The van der Waals surface area contributed by atoms with Gasteiger partial charge >= 0.3 is 0 Å². The number of fused-ring (bicyclic) bond motifs is 1. The standard InChI is InChI=1S/C25H25N5O6S/c1-16-27-19-13-12-17(37(33,34)29-21-9-5-7-11-23(21)36-3)14-18(19)25(32)30(16)28-24(31)15-26-20-8-4-6-10-22(20)35-2/h4-14,26,29H,15H2,1-3H3,(H,28,31). The van der Waals surface area contributed by atoms with E-state index in [0.29, 0.717) is 17.2 Å². The number of anilines is 2. The van der Waals surface area contributed by atoms with Crippen molar-refractivity contribution in [2.45, 2.75) is 11.8 Å². The Morgan fingerprint density at radius 1 is 0.946 bits per heavy atom. The summed E-state index contributed by atoms with van der Waals surface area (Å²) in [5.41, 5.74) is 3.03. The number of nitrogens with zero attached hydrogens (tertiary/aromatic N) is 2. The van der Waals surface area contributed by atoms with Gasteiger partial charge in [-0.1, -0.05) is 24.3 Å². The molecule has 0 unspecified atom stereocenters. The highest BCUT2D eigenvalue weighted by Crippen LogP contribution is 2.27. The Bertz CT molecular complexity index is 1630. The van der Waals surface area contributed by atoms with Gasteiger partial charge in [0.05, 0.1) is 47.9 Å². The molecule has 0 atom stereocenters. The first kappa shape index (κ1) is 25.5. The molecule has 0 saturated carbocycles. The van der Waals surface area contributed by atoms with Crippen LogP contribution in [0.3, 0.4) is 0 Å². The van der Waals surface area contributed by atoms with E-state index in [4.69, 9.17) is 9.47 Å². The maximum atomic E-state index is 13.2. The lowest BCUT2D eigenvalue weighted by Crippen LogP contribution is -2.38. The molecule has 0 radical (unpaired) electrons. The summed E-state index contributed by atoms with van der Waals surface area (Å²) in [5.74, 6) is 0.618. The van der Waals surface area contributed by atoms with Crippen LogP contribution >= 0.6 is 0 Å². The monoisotopic (exact) mass is 523 g/mol. The number of nitrogens with one attached hydrogen (secondary N) is 3. The third-order valence-electron chi connectivity index (χ3n) is 5.45. The fraction of sp³-hybridized carbons (Fsp3) is 0.160. The first-order valence-electron chi connectivity index (χ1n) is 11.1. The Morgan fingerprint density at radius 2 is 1.57 bits per heavy atom. The van der Waals surface area contributed by atoms with Crippen LogP contribution in [-0.4, -0.2) is 44.7 Å². The minimum atomic E-state index is -4.06. The summed E-state index contributed by atoms with van der Waals surface area (Å²) < 4.78 is 40.0. The molecule has 3 N–H and O–H groups in total. The van der Waals surface area contributed by atoms with E-state index < -0.39 is 21.5 Å².